The lowest BCUT2D eigenvalue weighted by Gasteiger charge is -2.34. The van der Waals surface area contributed by atoms with E-state index in [1.54, 1.807) is 12.1 Å². The van der Waals surface area contributed by atoms with E-state index in [0.29, 0.717) is 11.4 Å². The predicted molar refractivity (Wildman–Crippen MR) is 116 cm³/mol. The molecule has 0 aliphatic carbocycles. The van der Waals surface area contributed by atoms with Gasteiger partial charge in [0.05, 0.1) is 11.5 Å². The molecule has 0 aliphatic heterocycles. The highest BCUT2D eigenvalue weighted by Crippen LogP contribution is 2.26. The van der Waals surface area contributed by atoms with Crippen molar-refractivity contribution in [1.82, 2.24) is 4.31 Å². The summed E-state index contributed by atoms with van der Waals surface area (Å²) < 4.78 is 28.2. The van der Waals surface area contributed by atoms with E-state index in [-0.39, 0.29) is 17.4 Å². The number of benzene rings is 2. The SMILES string of the molecule is CC(C)C[C@H](CO)N(C(C)C=Cc1ccccc1)S(=O)(=O)c1ccc(Cl)cc1. The van der Waals surface area contributed by atoms with Crippen LogP contribution in [-0.4, -0.2) is 36.5 Å². The summed E-state index contributed by atoms with van der Waals surface area (Å²) in [7, 11) is -3.81. The van der Waals surface area contributed by atoms with Gasteiger partial charge >= 0.3 is 0 Å². The molecule has 0 aliphatic rings. The van der Waals surface area contributed by atoms with E-state index >= 15 is 0 Å². The molecule has 152 valence electrons. The van der Waals surface area contributed by atoms with Crippen molar-refractivity contribution in [2.75, 3.05) is 6.61 Å². The van der Waals surface area contributed by atoms with E-state index in [1.165, 1.54) is 16.4 Å². The summed E-state index contributed by atoms with van der Waals surface area (Å²) in [6.45, 7) is 5.62. The van der Waals surface area contributed by atoms with E-state index in [9.17, 15) is 13.5 Å². The second-order valence-electron chi connectivity index (χ2n) is 7.27. The average molecular weight is 422 g/mol. The Morgan fingerprint density at radius 1 is 1.04 bits per heavy atom. The van der Waals surface area contributed by atoms with E-state index in [1.807, 2.05) is 63.3 Å². The third kappa shape index (κ3) is 5.92. The Hall–Kier alpha value is -1.66. The highest BCUT2D eigenvalue weighted by atomic mass is 35.5. The van der Waals surface area contributed by atoms with Crippen molar-refractivity contribution in [1.29, 1.82) is 0 Å². The Bertz CT molecular complexity index is 864. The van der Waals surface area contributed by atoms with Gasteiger partial charge in [0, 0.05) is 17.1 Å². The molecule has 0 aromatic heterocycles. The number of hydrogen-bond acceptors (Lipinski definition) is 3. The topological polar surface area (TPSA) is 57.6 Å². The molecule has 2 aromatic carbocycles. The third-order valence-corrected chi connectivity index (χ3v) is 6.78. The van der Waals surface area contributed by atoms with E-state index in [2.05, 4.69) is 0 Å². The molecule has 6 heteroatoms. The van der Waals surface area contributed by atoms with Gasteiger partial charge in [-0.1, -0.05) is 67.9 Å². The van der Waals surface area contributed by atoms with Crippen LogP contribution in [0.1, 0.15) is 32.8 Å². The molecule has 1 N–H and O–H groups in total. The summed E-state index contributed by atoms with van der Waals surface area (Å²) in [6, 6.07) is 14.9. The molecule has 0 saturated carbocycles. The van der Waals surface area contributed by atoms with Gasteiger partial charge in [-0.15, -0.1) is 0 Å². The quantitative estimate of drug-likeness (QED) is 0.630. The molecule has 0 radical (unpaired) electrons. The van der Waals surface area contributed by atoms with Crippen LogP contribution >= 0.6 is 11.6 Å². The molecule has 2 rings (SSSR count). The molecule has 0 heterocycles. The number of aliphatic hydroxyl groups is 1. The molecule has 2 aromatic rings. The van der Waals surface area contributed by atoms with Gasteiger partial charge in [-0.05, 0) is 49.1 Å². The van der Waals surface area contributed by atoms with Gasteiger partial charge in [0.25, 0.3) is 0 Å². The van der Waals surface area contributed by atoms with Crippen molar-refractivity contribution in [3.63, 3.8) is 0 Å². The van der Waals surface area contributed by atoms with E-state index in [4.69, 9.17) is 11.6 Å². The lowest BCUT2D eigenvalue weighted by Crippen LogP contribution is -2.47. The number of hydrogen-bond donors (Lipinski definition) is 1. The lowest BCUT2D eigenvalue weighted by molar-refractivity contribution is 0.156. The van der Waals surface area contributed by atoms with Crippen molar-refractivity contribution in [3.8, 4) is 0 Å². The highest BCUT2D eigenvalue weighted by Gasteiger charge is 2.34. The van der Waals surface area contributed by atoms with Crippen molar-refractivity contribution >= 4 is 27.7 Å². The summed E-state index contributed by atoms with van der Waals surface area (Å²) in [6.07, 6.45) is 4.32. The van der Waals surface area contributed by atoms with Crippen molar-refractivity contribution in [2.24, 2.45) is 5.92 Å². The highest BCUT2D eigenvalue weighted by molar-refractivity contribution is 7.89. The minimum Gasteiger partial charge on any atom is -0.395 e. The molecule has 1 unspecified atom stereocenters. The zero-order valence-electron chi connectivity index (χ0n) is 16.5. The second kappa shape index (κ2) is 10.2. The normalized spacial score (nSPS) is 14.7. The van der Waals surface area contributed by atoms with Gasteiger partial charge < -0.3 is 5.11 Å². The summed E-state index contributed by atoms with van der Waals surface area (Å²) in [5, 5.41) is 10.5. The largest absolute Gasteiger partial charge is 0.395 e. The minimum atomic E-state index is -3.81. The summed E-state index contributed by atoms with van der Waals surface area (Å²) in [5.74, 6) is 0.241. The van der Waals surface area contributed by atoms with Crippen LogP contribution in [0.3, 0.4) is 0 Å². The molecule has 0 amide bonds. The fraction of sp³-hybridized carbons (Fsp3) is 0.364. The zero-order chi connectivity index (χ0) is 20.7. The Balaban J connectivity index is 2.43. The maximum Gasteiger partial charge on any atom is 0.243 e. The standard InChI is InChI=1S/C22H28ClNO3S/c1-17(2)15-21(16-25)24(18(3)9-10-19-7-5-4-6-8-19)28(26,27)22-13-11-20(23)12-14-22/h4-14,17-18,21,25H,15-16H2,1-3H3/t18?,21-/m1/s1. The van der Waals surface area contributed by atoms with Gasteiger partial charge in [-0.2, -0.15) is 4.31 Å². The molecular weight excluding hydrogens is 394 g/mol. The molecule has 0 saturated heterocycles. The number of sulfonamides is 1. The molecule has 0 fully saturated rings. The third-order valence-electron chi connectivity index (χ3n) is 4.47. The molecular formula is C22H28ClNO3S. The lowest BCUT2D eigenvalue weighted by atomic mass is 10.0. The van der Waals surface area contributed by atoms with Crippen LogP contribution in [0.4, 0.5) is 0 Å². The van der Waals surface area contributed by atoms with Crippen LogP contribution in [0.15, 0.2) is 65.6 Å². The van der Waals surface area contributed by atoms with Crippen LogP contribution in [0.2, 0.25) is 5.02 Å². The maximum absolute atomic E-state index is 13.4. The number of nitrogens with zero attached hydrogens (tertiary/aromatic N) is 1. The summed E-state index contributed by atoms with van der Waals surface area (Å²) >= 11 is 5.92. The maximum atomic E-state index is 13.4. The van der Waals surface area contributed by atoms with Crippen LogP contribution in [0.5, 0.6) is 0 Å². The van der Waals surface area contributed by atoms with Crippen molar-refractivity contribution in [3.05, 3.63) is 71.3 Å². The number of halogens is 1. The minimum absolute atomic E-state index is 0.166. The Kier molecular flexibility index (Phi) is 8.25. The molecule has 28 heavy (non-hydrogen) atoms. The average Bonchev–Trinajstić information content (AvgIpc) is 2.66. The zero-order valence-corrected chi connectivity index (χ0v) is 18.1. The fourth-order valence-electron chi connectivity index (χ4n) is 3.18. The fourth-order valence-corrected chi connectivity index (χ4v) is 5.08. The number of aliphatic hydroxyl groups excluding tert-OH is 1. The van der Waals surface area contributed by atoms with Gasteiger partial charge in [-0.3, -0.25) is 0 Å². The van der Waals surface area contributed by atoms with Crippen molar-refractivity contribution < 1.29 is 13.5 Å². The predicted octanol–water partition coefficient (Wildman–Crippen LogP) is 4.84. The van der Waals surface area contributed by atoms with Gasteiger partial charge in [0.1, 0.15) is 0 Å². The first kappa shape index (κ1) is 22.6. The van der Waals surface area contributed by atoms with Crippen LogP contribution in [0.25, 0.3) is 6.08 Å². The van der Waals surface area contributed by atoms with Gasteiger partial charge in [0.2, 0.25) is 10.0 Å². The van der Waals surface area contributed by atoms with Gasteiger partial charge in [0.15, 0.2) is 0 Å². The monoisotopic (exact) mass is 421 g/mol. The first-order valence-electron chi connectivity index (χ1n) is 9.39. The smallest absolute Gasteiger partial charge is 0.243 e. The Labute approximate surface area is 173 Å². The molecule has 0 spiro atoms. The first-order valence-corrected chi connectivity index (χ1v) is 11.2. The second-order valence-corrected chi connectivity index (χ2v) is 9.54. The molecule has 0 bridgehead atoms. The van der Waals surface area contributed by atoms with E-state index < -0.39 is 22.1 Å². The van der Waals surface area contributed by atoms with E-state index in [0.717, 1.165) is 5.56 Å². The summed E-state index contributed by atoms with van der Waals surface area (Å²) in [4.78, 5) is 0.166. The first-order chi connectivity index (χ1) is 13.3. The van der Waals surface area contributed by atoms with Crippen molar-refractivity contribution in [2.45, 2.75) is 44.2 Å². The van der Waals surface area contributed by atoms with Crippen LogP contribution in [0, 0.1) is 5.92 Å². The number of rotatable bonds is 9. The molecule has 2 atom stereocenters. The van der Waals surface area contributed by atoms with Crippen LogP contribution in [-0.2, 0) is 10.0 Å². The summed E-state index contributed by atoms with van der Waals surface area (Å²) in [5.41, 5.74) is 0.989. The van der Waals surface area contributed by atoms with Gasteiger partial charge in [-0.25, -0.2) is 8.42 Å². The van der Waals surface area contributed by atoms with Crippen LogP contribution < -0.4 is 0 Å². The molecule has 4 nitrogen and oxygen atoms in total. The Morgan fingerprint density at radius 3 is 2.18 bits per heavy atom. The Morgan fingerprint density at radius 2 is 1.64 bits per heavy atom.